The lowest BCUT2D eigenvalue weighted by Gasteiger charge is -2.12. The van der Waals surface area contributed by atoms with Crippen LogP contribution >= 0.6 is 12.4 Å². The Hall–Kier alpha value is 0.210. The van der Waals surface area contributed by atoms with Crippen molar-refractivity contribution in [1.82, 2.24) is 0 Å². The van der Waals surface area contributed by atoms with E-state index in [9.17, 15) is 0 Å². The second-order valence-corrected chi connectivity index (χ2v) is 3.33. The van der Waals surface area contributed by atoms with Crippen LogP contribution in [0.5, 0.6) is 0 Å². The summed E-state index contributed by atoms with van der Waals surface area (Å²) in [4.78, 5) is 0. The molecule has 1 rings (SSSR count). The first-order valence-electron chi connectivity index (χ1n) is 4.19. The normalized spacial score (nSPS) is 21.3. The van der Waals surface area contributed by atoms with E-state index >= 15 is 0 Å². The molecule has 0 heterocycles. The van der Waals surface area contributed by atoms with Crippen molar-refractivity contribution in [3.8, 4) is 0 Å². The van der Waals surface area contributed by atoms with E-state index in [1.165, 1.54) is 25.7 Å². The van der Waals surface area contributed by atoms with Crippen LogP contribution in [0.3, 0.4) is 0 Å². The summed E-state index contributed by atoms with van der Waals surface area (Å²) in [5.41, 5.74) is 5.60. The molecule has 1 unspecified atom stereocenters. The van der Waals surface area contributed by atoms with Crippen LogP contribution in [-0.2, 0) is 0 Å². The number of hydrogen-bond acceptors (Lipinski definition) is 2. The molecule has 0 radical (unpaired) electrons. The second kappa shape index (κ2) is 5.81. The highest BCUT2D eigenvalue weighted by atomic mass is 35.5. The lowest BCUT2D eigenvalue weighted by Crippen LogP contribution is -2.26. The molecule has 1 aliphatic rings. The summed E-state index contributed by atoms with van der Waals surface area (Å²) in [7, 11) is 0. The molecule has 1 atom stereocenters. The topological polar surface area (TPSA) is 46.2 Å². The number of aliphatic hydroxyl groups is 1. The van der Waals surface area contributed by atoms with Gasteiger partial charge >= 0.3 is 0 Å². The maximum atomic E-state index is 8.67. The zero-order chi connectivity index (χ0) is 7.40. The van der Waals surface area contributed by atoms with Crippen LogP contribution in [0, 0.1) is 5.92 Å². The number of hydrogen-bond donors (Lipinski definition) is 2. The molecule has 0 bridgehead atoms. The first-order valence-corrected chi connectivity index (χ1v) is 4.19. The van der Waals surface area contributed by atoms with Crippen LogP contribution in [0.1, 0.15) is 32.1 Å². The molecule has 1 saturated carbocycles. The fraction of sp³-hybridized carbons (Fsp3) is 1.00. The minimum atomic E-state index is 0. The van der Waals surface area contributed by atoms with Gasteiger partial charge < -0.3 is 10.8 Å². The Kier molecular flexibility index (Phi) is 5.92. The number of nitrogens with two attached hydrogens (primary N) is 1. The Morgan fingerprint density at radius 2 is 1.91 bits per heavy atom. The van der Waals surface area contributed by atoms with Crippen LogP contribution in [-0.4, -0.2) is 17.8 Å². The molecule has 3 N–H and O–H groups in total. The van der Waals surface area contributed by atoms with E-state index in [1.807, 2.05) is 0 Å². The minimum Gasteiger partial charge on any atom is -0.395 e. The average Bonchev–Trinajstić information content (AvgIpc) is 2.40. The summed E-state index contributed by atoms with van der Waals surface area (Å²) in [6.45, 7) is 0.149. The third kappa shape index (κ3) is 3.94. The van der Waals surface area contributed by atoms with Gasteiger partial charge in [-0.2, -0.15) is 0 Å². The van der Waals surface area contributed by atoms with Gasteiger partial charge in [-0.1, -0.05) is 25.7 Å². The summed E-state index contributed by atoms with van der Waals surface area (Å²) >= 11 is 0. The number of aliphatic hydroxyl groups excluding tert-OH is 1. The number of rotatable bonds is 3. The van der Waals surface area contributed by atoms with Gasteiger partial charge in [0.05, 0.1) is 6.61 Å². The largest absolute Gasteiger partial charge is 0.395 e. The molecule has 0 aromatic rings. The Bertz CT molecular complexity index is 94.1. The lowest BCUT2D eigenvalue weighted by atomic mass is 9.99. The van der Waals surface area contributed by atoms with Crippen LogP contribution < -0.4 is 5.73 Å². The van der Waals surface area contributed by atoms with Crippen LogP contribution in [0.25, 0.3) is 0 Å². The van der Waals surface area contributed by atoms with Crippen molar-refractivity contribution in [3.63, 3.8) is 0 Å². The van der Waals surface area contributed by atoms with E-state index in [0.717, 1.165) is 12.3 Å². The van der Waals surface area contributed by atoms with Crippen LogP contribution in [0.2, 0.25) is 0 Å². The molecular weight excluding hydrogens is 162 g/mol. The van der Waals surface area contributed by atoms with Crippen LogP contribution in [0.15, 0.2) is 0 Å². The predicted octanol–water partition coefficient (Wildman–Crippen LogP) is 1.31. The first-order chi connectivity index (χ1) is 4.83. The van der Waals surface area contributed by atoms with Gasteiger partial charge in [0.15, 0.2) is 0 Å². The highest BCUT2D eigenvalue weighted by molar-refractivity contribution is 5.85. The summed E-state index contributed by atoms with van der Waals surface area (Å²) in [5, 5.41) is 8.67. The highest BCUT2D eigenvalue weighted by Gasteiger charge is 2.17. The first kappa shape index (κ1) is 11.2. The summed E-state index contributed by atoms with van der Waals surface area (Å²) in [6, 6.07) is 0.0306. The maximum Gasteiger partial charge on any atom is 0.0582 e. The van der Waals surface area contributed by atoms with Gasteiger partial charge in [-0.3, -0.25) is 0 Å². The zero-order valence-corrected chi connectivity index (χ0v) is 7.65. The lowest BCUT2D eigenvalue weighted by molar-refractivity contribution is 0.245. The highest BCUT2D eigenvalue weighted by Crippen LogP contribution is 2.27. The number of halogens is 1. The molecule has 2 nitrogen and oxygen atoms in total. The molecule has 0 aromatic carbocycles. The minimum absolute atomic E-state index is 0. The maximum absolute atomic E-state index is 8.67. The molecule has 0 spiro atoms. The summed E-state index contributed by atoms with van der Waals surface area (Å²) < 4.78 is 0. The summed E-state index contributed by atoms with van der Waals surface area (Å²) in [6.07, 6.45) is 6.41. The quantitative estimate of drug-likeness (QED) is 0.687. The zero-order valence-electron chi connectivity index (χ0n) is 6.83. The van der Waals surface area contributed by atoms with Crippen molar-refractivity contribution in [2.45, 2.75) is 38.1 Å². The van der Waals surface area contributed by atoms with Crippen molar-refractivity contribution in [3.05, 3.63) is 0 Å². The molecule has 1 aliphatic carbocycles. The Balaban J connectivity index is 0.000001000. The third-order valence-corrected chi connectivity index (χ3v) is 2.35. The fourth-order valence-electron chi connectivity index (χ4n) is 1.75. The van der Waals surface area contributed by atoms with E-state index in [2.05, 4.69) is 0 Å². The van der Waals surface area contributed by atoms with Crippen molar-refractivity contribution < 1.29 is 5.11 Å². The predicted molar refractivity (Wildman–Crippen MR) is 48.9 cm³/mol. The SMILES string of the molecule is Cl.NC(CO)CC1CCCC1. The van der Waals surface area contributed by atoms with E-state index < -0.39 is 0 Å². The summed E-state index contributed by atoms with van der Waals surface area (Å²) in [5.74, 6) is 0.808. The molecule has 3 heteroatoms. The molecule has 0 saturated heterocycles. The molecule has 0 amide bonds. The van der Waals surface area contributed by atoms with Crippen molar-refractivity contribution >= 4 is 12.4 Å². The molecular formula is C8H18ClNO. The van der Waals surface area contributed by atoms with Crippen molar-refractivity contribution in [2.24, 2.45) is 11.7 Å². The fourth-order valence-corrected chi connectivity index (χ4v) is 1.75. The molecule has 68 valence electrons. The van der Waals surface area contributed by atoms with E-state index in [1.54, 1.807) is 0 Å². The van der Waals surface area contributed by atoms with Gasteiger partial charge in [-0.15, -0.1) is 12.4 Å². The molecule has 11 heavy (non-hydrogen) atoms. The van der Waals surface area contributed by atoms with Gasteiger partial charge in [-0.05, 0) is 12.3 Å². The molecule has 0 aliphatic heterocycles. The smallest absolute Gasteiger partial charge is 0.0582 e. The average molecular weight is 180 g/mol. The second-order valence-electron chi connectivity index (χ2n) is 3.33. The van der Waals surface area contributed by atoms with E-state index in [4.69, 9.17) is 10.8 Å². The third-order valence-electron chi connectivity index (χ3n) is 2.35. The Morgan fingerprint density at radius 1 is 1.36 bits per heavy atom. The molecule has 1 fully saturated rings. The van der Waals surface area contributed by atoms with Crippen molar-refractivity contribution in [1.29, 1.82) is 0 Å². The van der Waals surface area contributed by atoms with Gasteiger partial charge in [0.2, 0.25) is 0 Å². The van der Waals surface area contributed by atoms with Gasteiger partial charge in [0, 0.05) is 6.04 Å². The standard InChI is InChI=1S/C8H17NO.ClH/c9-8(6-10)5-7-3-1-2-4-7;/h7-8,10H,1-6,9H2;1H. The monoisotopic (exact) mass is 179 g/mol. The van der Waals surface area contributed by atoms with Gasteiger partial charge in [0.25, 0.3) is 0 Å². The Labute approximate surface area is 74.6 Å². The van der Waals surface area contributed by atoms with Gasteiger partial charge in [0.1, 0.15) is 0 Å². The van der Waals surface area contributed by atoms with E-state index in [-0.39, 0.29) is 25.1 Å². The Morgan fingerprint density at radius 3 is 2.36 bits per heavy atom. The van der Waals surface area contributed by atoms with E-state index in [0.29, 0.717) is 0 Å². The molecule has 0 aromatic heterocycles. The van der Waals surface area contributed by atoms with Gasteiger partial charge in [-0.25, -0.2) is 0 Å². The van der Waals surface area contributed by atoms with Crippen LogP contribution in [0.4, 0.5) is 0 Å². The van der Waals surface area contributed by atoms with Crippen molar-refractivity contribution in [2.75, 3.05) is 6.61 Å².